The number of nitrogens with zero attached hydrogens (tertiary/aromatic N) is 3. The van der Waals surface area contributed by atoms with Gasteiger partial charge >= 0.3 is 5.97 Å². The molecule has 1 aromatic heterocycles. The Morgan fingerprint density at radius 1 is 1.21 bits per heavy atom. The molecule has 124 valence electrons. The van der Waals surface area contributed by atoms with E-state index in [4.69, 9.17) is 16.7 Å². The highest BCUT2D eigenvalue weighted by atomic mass is 35.5. The molecular formula is C16H14ClN3O3S. The largest absolute Gasteiger partial charge is 0.480 e. The average molecular weight is 364 g/mol. The van der Waals surface area contributed by atoms with Crippen LogP contribution in [0.25, 0.3) is 0 Å². The quantitative estimate of drug-likeness (QED) is 0.899. The lowest BCUT2D eigenvalue weighted by atomic mass is 10.2. The van der Waals surface area contributed by atoms with E-state index in [0.717, 1.165) is 4.90 Å². The zero-order valence-corrected chi connectivity index (χ0v) is 14.1. The maximum atomic E-state index is 12.4. The van der Waals surface area contributed by atoms with Crippen LogP contribution in [-0.2, 0) is 4.79 Å². The van der Waals surface area contributed by atoms with Gasteiger partial charge in [-0.2, -0.15) is 0 Å². The Morgan fingerprint density at radius 3 is 2.67 bits per heavy atom. The first kappa shape index (κ1) is 16.7. The Morgan fingerprint density at radius 2 is 2.00 bits per heavy atom. The van der Waals surface area contributed by atoms with Crippen molar-refractivity contribution in [2.45, 2.75) is 28.8 Å². The van der Waals surface area contributed by atoms with Gasteiger partial charge in [-0.15, -0.1) is 10.2 Å². The zero-order valence-electron chi connectivity index (χ0n) is 12.6. The fraction of sp³-hybridized carbons (Fsp3) is 0.250. The monoisotopic (exact) mass is 363 g/mol. The lowest BCUT2D eigenvalue weighted by Gasteiger charge is -2.20. The predicted molar refractivity (Wildman–Crippen MR) is 89.3 cm³/mol. The average Bonchev–Trinajstić information content (AvgIpc) is 3.07. The number of aliphatic carboxylic acids is 1. The van der Waals surface area contributed by atoms with Crippen LogP contribution in [0.4, 0.5) is 0 Å². The molecule has 0 saturated carbocycles. The minimum Gasteiger partial charge on any atom is -0.480 e. The van der Waals surface area contributed by atoms with E-state index < -0.39 is 17.9 Å². The molecular weight excluding hydrogens is 350 g/mol. The molecule has 1 fully saturated rings. The molecule has 1 aliphatic rings. The number of rotatable bonds is 4. The van der Waals surface area contributed by atoms with Crippen molar-refractivity contribution in [3.05, 3.63) is 47.1 Å². The number of carboxylic acid groups (broad SMARTS) is 1. The van der Waals surface area contributed by atoms with Crippen LogP contribution in [0.2, 0.25) is 5.02 Å². The number of benzene rings is 1. The van der Waals surface area contributed by atoms with Crippen molar-refractivity contribution in [3.63, 3.8) is 0 Å². The van der Waals surface area contributed by atoms with Crippen LogP contribution in [0.1, 0.15) is 23.3 Å². The molecule has 0 unspecified atom stereocenters. The van der Waals surface area contributed by atoms with Gasteiger partial charge in [0.05, 0.1) is 5.02 Å². The Balaban J connectivity index is 1.73. The second-order valence-electron chi connectivity index (χ2n) is 5.28. The number of carbonyl (C=O) groups excluding carboxylic acids is 1. The first-order valence-corrected chi connectivity index (χ1v) is 8.55. The molecule has 24 heavy (non-hydrogen) atoms. The molecule has 0 spiro atoms. The van der Waals surface area contributed by atoms with E-state index in [0.29, 0.717) is 29.4 Å². The summed E-state index contributed by atoms with van der Waals surface area (Å²) in [5, 5.41) is 18.4. The predicted octanol–water partition coefficient (Wildman–Crippen LogP) is 2.97. The maximum absolute atomic E-state index is 12.4. The summed E-state index contributed by atoms with van der Waals surface area (Å²) in [6.45, 7) is 0.424. The van der Waals surface area contributed by atoms with Gasteiger partial charge in [-0.1, -0.05) is 35.5 Å². The maximum Gasteiger partial charge on any atom is 0.326 e. The minimum atomic E-state index is -0.986. The van der Waals surface area contributed by atoms with Crippen molar-refractivity contribution < 1.29 is 14.7 Å². The Labute approximate surface area is 147 Å². The first-order chi connectivity index (χ1) is 11.6. The summed E-state index contributed by atoms with van der Waals surface area (Å²) >= 11 is 7.45. The number of hydrogen-bond donors (Lipinski definition) is 1. The van der Waals surface area contributed by atoms with Crippen LogP contribution < -0.4 is 0 Å². The first-order valence-electron chi connectivity index (χ1n) is 7.36. The van der Waals surface area contributed by atoms with Gasteiger partial charge in [0.2, 0.25) is 0 Å². The van der Waals surface area contributed by atoms with Gasteiger partial charge in [-0.05, 0) is 37.1 Å². The fourth-order valence-electron chi connectivity index (χ4n) is 2.54. The molecule has 0 radical (unpaired) electrons. The van der Waals surface area contributed by atoms with Crippen LogP contribution in [0.5, 0.6) is 0 Å². The number of aromatic nitrogens is 2. The summed E-state index contributed by atoms with van der Waals surface area (Å²) in [6.07, 6.45) is 1.14. The molecule has 1 saturated heterocycles. The smallest absolute Gasteiger partial charge is 0.326 e. The minimum absolute atomic E-state index is 0.145. The van der Waals surface area contributed by atoms with Gasteiger partial charge in [-0.3, -0.25) is 4.79 Å². The molecule has 2 heterocycles. The fourth-order valence-corrected chi connectivity index (χ4v) is 3.55. The van der Waals surface area contributed by atoms with E-state index in [1.807, 2.05) is 18.2 Å². The van der Waals surface area contributed by atoms with E-state index in [1.165, 1.54) is 16.7 Å². The molecule has 1 atom stereocenters. The number of carboxylic acids is 1. The topological polar surface area (TPSA) is 83.4 Å². The third-order valence-corrected chi connectivity index (χ3v) is 5.15. The Hall–Kier alpha value is -2.12. The van der Waals surface area contributed by atoms with Gasteiger partial charge in [-0.25, -0.2) is 4.79 Å². The number of likely N-dealkylation sites (tertiary alicyclic amines) is 1. The van der Waals surface area contributed by atoms with Crippen LogP contribution in [0.3, 0.4) is 0 Å². The van der Waals surface area contributed by atoms with Crippen molar-refractivity contribution >= 4 is 35.2 Å². The highest BCUT2D eigenvalue weighted by molar-refractivity contribution is 7.99. The van der Waals surface area contributed by atoms with Crippen LogP contribution >= 0.6 is 23.4 Å². The standard InChI is InChI=1S/C16H14ClN3O3S/c17-10-4-1-2-6-13(10)24-14-8-7-11(18-19-14)15(21)20-9-3-5-12(20)16(22)23/h1-2,4,6-8,12H,3,5,9H2,(H,22,23)/t12-/m0/s1. The van der Waals surface area contributed by atoms with E-state index in [-0.39, 0.29) is 5.69 Å². The van der Waals surface area contributed by atoms with Crippen molar-refractivity contribution in [2.75, 3.05) is 6.54 Å². The Kier molecular flexibility index (Phi) is 5.01. The van der Waals surface area contributed by atoms with E-state index in [1.54, 1.807) is 18.2 Å². The molecule has 1 amide bonds. The lowest BCUT2D eigenvalue weighted by Crippen LogP contribution is -2.40. The second kappa shape index (κ2) is 7.19. The Bertz CT molecular complexity index is 769. The summed E-state index contributed by atoms with van der Waals surface area (Å²) in [5.74, 6) is -1.39. The molecule has 1 N–H and O–H groups in total. The van der Waals surface area contributed by atoms with E-state index >= 15 is 0 Å². The summed E-state index contributed by atoms with van der Waals surface area (Å²) in [4.78, 5) is 25.8. The number of carbonyl (C=O) groups is 2. The van der Waals surface area contributed by atoms with E-state index in [9.17, 15) is 9.59 Å². The molecule has 8 heteroatoms. The van der Waals surface area contributed by atoms with Gasteiger partial charge in [0.15, 0.2) is 5.69 Å². The van der Waals surface area contributed by atoms with Gasteiger partial charge in [0.25, 0.3) is 5.91 Å². The van der Waals surface area contributed by atoms with Crippen molar-refractivity contribution in [1.29, 1.82) is 0 Å². The number of amides is 1. The van der Waals surface area contributed by atoms with Gasteiger partial charge in [0.1, 0.15) is 11.1 Å². The SMILES string of the molecule is O=C(O)[C@@H]1CCCN1C(=O)c1ccc(Sc2ccccc2Cl)nn1. The summed E-state index contributed by atoms with van der Waals surface area (Å²) in [5.41, 5.74) is 0.145. The van der Waals surface area contributed by atoms with Crippen LogP contribution in [0, 0.1) is 0 Å². The van der Waals surface area contributed by atoms with Gasteiger partial charge in [0, 0.05) is 11.4 Å². The zero-order chi connectivity index (χ0) is 17.1. The van der Waals surface area contributed by atoms with Crippen LogP contribution in [-0.4, -0.2) is 44.7 Å². The molecule has 0 aliphatic carbocycles. The summed E-state index contributed by atoms with van der Waals surface area (Å²) in [6, 6.07) is 9.83. The third kappa shape index (κ3) is 3.52. The normalized spacial score (nSPS) is 17.0. The summed E-state index contributed by atoms with van der Waals surface area (Å²) in [7, 11) is 0. The van der Waals surface area contributed by atoms with Crippen molar-refractivity contribution in [1.82, 2.24) is 15.1 Å². The lowest BCUT2D eigenvalue weighted by molar-refractivity contribution is -0.141. The third-order valence-electron chi connectivity index (χ3n) is 3.71. The molecule has 1 aromatic carbocycles. The molecule has 2 aromatic rings. The molecule has 0 bridgehead atoms. The highest BCUT2D eigenvalue weighted by Gasteiger charge is 2.35. The molecule has 3 rings (SSSR count). The highest BCUT2D eigenvalue weighted by Crippen LogP contribution is 2.31. The van der Waals surface area contributed by atoms with Crippen molar-refractivity contribution in [3.8, 4) is 0 Å². The second-order valence-corrected chi connectivity index (χ2v) is 6.75. The molecule has 6 nitrogen and oxygen atoms in total. The van der Waals surface area contributed by atoms with Crippen molar-refractivity contribution in [2.24, 2.45) is 0 Å². The molecule has 1 aliphatic heterocycles. The van der Waals surface area contributed by atoms with Gasteiger partial charge < -0.3 is 10.0 Å². The number of hydrogen-bond acceptors (Lipinski definition) is 5. The van der Waals surface area contributed by atoms with E-state index in [2.05, 4.69) is 10.2 Å². The van der Waals surface area contributed by atoms with Crippen LogP contribution in [0.15, 0.2) is 46.3 Å². The summed E-state index contributed by atoms with van der Waals surface area (Å²) < 4.78 is 0. The number of halogens is 1.